The van der Waals surface area contributed by atoms with Crippen LogP contribution in [0.1, 0.15) is 30.4 Å². The third kappa shape index (κ3) is 3.45. The summed E-state index contributed by atoms with van der Waals surface area (Å²) in [5, 5.41) is 11.9. The van der Waals surface area contributed by atoms with Crippen molar-refractivity contribution >= 4 is 6.08 Å². The van der Waals surface area contributed by atoms with Crippen molar-refractivity contribution in [3.05, 3.63) is 77.4 Å². The van der Waals surface area contributed by atoms with Crippen molar-refractivity contribution in [3.8, 4) is 0 Å². The maximum Gasteiger partial charge on any atom is 0.115 e. The lowest BCUT2D eigenvalue weighted by molar-refractivity contribution is -0.0174. The van der Waals surface area contributed by atoms with Gasteiger partial charge in [-0.25, -0.2) is 0 Å². The number of hydrogen-bond donors (Lipinski definition) is 1. The first kappa shape index (κ1) is 16.9. The summed E-state index contributed by atoms with van der Waals surface area (Å²) in [6.45, 7) is 0.886. The van der Waals surface area contributed by atoms with E-state index in [4.69, 9.17) is 0 Å². The number of aliphatic hydroxyl groups is 1. The van der Waals surface area contributed by atoms with Crippen molar-refractivity contribution in [3.63, 3.8) is 0 Å². The summed E-state index contributed by atoms with van der Waals surface area (Å²) in [5.74, 6) is 0.207. The van der Waals surface area contributed by atoms with Gasteiger partial charge in [0, 0.05) is 12.5 Å². The molecule has 2 nitrogen and oxygen atoms in total. The van der Waals surface area contributed by atoms with E-state index in [2.05, 4.69) is 49.3 Å². The molecule has 1 aliphatic rings. The van der Waals surface area contributed by atoms with Gasteiger partial charge in [-0.15, -0.1) is 0 Å². The van der Waals surface area contributed by atoms with Gasteiger partial charge in [-0.3, -0.25) is 0 Å². The Kier molecular flexibility index (Phi) is 5.17. The lowest BCUT2D eigenvalue weighted by Crippen LogP contribution is -2.44. The Bertz CT molecular complexity index is 678. The molecule has 1 aliphatic carbocycles. The van der Waals surface area contributed by atoms with Crippen LogP contribution in [0.25, 0.3) is 6.08 Å². The summed E-state index contributed by atoms with van der Waals surface area (Å²) < 4.78 is 0. The third-order valence-electron chi connectivity index (χ3n) is 5.02. The molecule has 2 unspecified atom stereocenters. The number of nitrogens with zero attached hydrogens (tertiary/aromatic N) is 1. The van der Waals surface area contributed by atoms with Gasteiger partial charge >= 0.3 is 0 Å². The van der Waals surface area contributed by atoms with Crippen LogP contribution >= 0.6 is 0 Å². The second kappa shape index (κ2) is 7.33. The Labute approximate surface area is 145 Å². The van der Waals surface area contributed by atoms with Crippen molar-refractivity contribution in [1.29, 1.82) is 0 Å². The molecule has 0 bridgehead atoms. The molecule has 24 heavy (non-hydrogen) atoms. The van der Waals surface area contributed by atoms with E-state index in [1.54, 1.807) is 0 Å². The van der Waals surface area contributed by atoms with Gasteiger partial charge in [0.05, 0.1) is 0 Å². The highest BCUT2D eigenvalue weighted by Gasteiger charge is 2.43. The molecule has 2 heteroatoms. The summed E-state index contributed by atoms with van der Waals surface area (Å²) in [7, 11) is 4.17. The highest BCUT2D eigenvalue weighted by atomic mass is 16.3. The summed E-state index contributed by atoms with van der Waals surface area (Å²) in [4.78, 5) is 2.18. The fourth-order valence-electron chi connectivity index (χ4n) is 3.91. The molecular weight excluding hydrogens is 294 g/mol. The average molecular weight is 321 g/mol. The summed E-state index contributed by atoms with van der Waals surface area (Å²) in [5.41, 5.74) is 2.42. The minimum atomic E-state index is -0.889. The lowest BCUT2D eigenvalue weighted by Gasteiger charge is -2.44. The van der Waals surface area contributed by atoms with Gasteiger partial charge < -0.3 is 10.0 Å². The SMILES string of the molecule is CN(C)CC1CCCC(=Cc2ccccc2)C1(O)c1ccccc1. The average Bonchev–Trinajstić information content (AvgIpc) is 2.60. The van der Waals surface area contributed by atoms with E-state index in [1.165, 1.54) is 0 Å². The fraction of sp³-hybridized carbons (Fsp3) is 0.364. The molecule has 0 amide bonds. The van der Waals surface area contributed by atoms with E-state index in [9.17, 15) is 5.11 Å². The molecule has 1 saturated carbocycles. The smallest absolute Gasteiger partial charge is 0.115 e. The highest BCUT2D eigenvalue weighted by Crippen LogP contribution is 2.46. The van der Waals surface area contributed by atoms with Crippen LogP contribution in [0.5, 0.6) is 0 Å². The number of benzene rings is 2. The minimum Gasteiger partial charge on any atom is -0.380 e. The zero-order valence-corrected chi connectivity index (χ0v) is 14.7. The summed E-state index contributed by atoms with van der Waals surface area (Å²) >= 11 is 0. The van der Waals surface area contributed by atoms with Crippen LogP contribution in [0.2, 0.25) is 0 Å². The molecule has 3 rings (SSSR count). The molecule has 0 heterocycles. The number of rotatable bonds is 4. The van der Waals surface area contributed by atoms with Gasteiger partial charge in [0.25, 0.3) is 0 Å². The standard InChI is InChI=1S/C22H27NO/c1-23(2)17-21-15-9-14-20(16-18-10-5-3-6-11-18)22(21,24)19-12-7-4-8-13-19/h3-8,10-13,16,21,24H,9,14-15,17H2,1-2H3. The van der Waals surface area contributed by atoms with Crippen molar-refractivity contribution in [2.75, 3.05) is 20.6 Å². The van der Waals surface area contributed by atoms with E-state index in [1.807, 2.05) is 36.4 Å². The molecule has 0 aromatic heterocycles. The molecule has 0 spiro atoms. The molecule has 0 radical (unpaired) electrons. The van der Waals surface area contributed by atoms with Gasteiger partial charge in [-0.1, -0.05) is 66.7 Å². The molecule has 2 atom stereocenters. The van der Waals surface area contributed by atoms with Crippen LogP contribution in [-0.4, -0.2) is 30.6 Å². The minimum absolute atomic E-state index is 0.207. The molecule has 0 saturated heterocycles. The first-order chi connectivity index (χ1) is 11.6. The maximum absolute atomic E-state index is 11.9. The van der Waals surface area contributed by atoms with E-state index < -0.39 is 5.60 Å². The van der Waals surface area contributed by atoms with Crippen molar-refractivity contribution in [2.24, 2.45) is 5.92 Å². The van der Waals surface area contributed by atoms with E-state index in [0.717, 1.165) is 42.5 Å². The van der Waals surface area contributed by atoms with Crippen LogP contribution in [0, 0.1) is 5.92 Å². The van der Waals surface area contributed by atoms with Gasteiger partial charge in [-0.2, -0.15) is 0 Å². The third-order valence-corrected chi connectivity index (χ3v) is 5.02. The normalized spacial score (nSPS) is 26.0. The topological polar surface area (TPSA) is 23.5 Å². The highest BCUT2D eigenvalue weighted by molar-refractivity contribution is 5.57. The molecule has 0 aliphatic heterocycles. The van der Waals surface area contributed by atoms with Crippen LogP contribution < -0.4 is 0 Å². The molecular formula is C22H27NO. The van der Waals surface area contributed by atoms with E-state index >= 15 is 0 Å². The first-order valence-electron chi connectivity index (χ1n) is 8.79. The van der Waals surface area contributed by atoms with Crippen LogP contribution in [0.15, 0.2) is 66.2 Å². The Morgan fingerprint density at radius 3 is 2.29 bits per heavy atom. The Balaban J connectivity index is 2.07. The number of hydrogen-bond acceptors (Lipinski definition) is 2. The zero-order valence-electron chi connectivity index (χ0n) is 14.7. The summed E-state index contributed by atoms with van der Waals surface area (Å²) in [6.07, 6.45) is 5.32. The van der Waals surface area contributed by atoms with Crippen LogP contribution in [0.3, 0.4) is 0 Å². The van der Waals surface area contributed by atoms with Gasteiger partial charge in [0.2, 0.25) is 0 Å². The molecule has 2 aromatic carbocycles. The van der Waals surface area contributed by atoms with Crippen molar-refractivity contribution in [2.45, 2.75) is 24.9 Å². The maximum atomic E-state index is 11.9. The quantitative estimate of drug-likeness (QED) is 0.906. The van der Waals surface area contributed by atoms with E-state index in [-0.39, 0.29) is 5.92 Å². The predicted octanol–water partition coefficient (Wildman–Crippen LogP) is 4.32. The molecule has 1 fully saturated rings. The zero-order chi connectivity index (χ0) is 17.0. The Hall–Kier alpha value is -1.90. The van der Waals surface area contributed by atoms with E-state index in [0.29, 0.717) is 0 Å². The second-order valence-corrected chi connectivity index (χ2v) is 7.06. The largest absolute Gasteiger partial charge is 0.380 e. The van der Waals surface area contributed by atoms with Crippen LogP contribution in [0.4, 0.5) is 0 Å². The van der Waals surface area contributed by atoms with Gasteiger partial charge in [-0.05, 0) is 50.1 Å². The monoisotopic (exact) mass is 321 g/mol. The van der Waals surface area contributed by atoms with Crippen molar-refractivity contribution in [1.82, 2.24) is 4.90 Å². The lowest BCUT2D eigenvalue weighted by atomic mass is 9.67. The fourth-order valence-corrected chi connectivity index (χ4v) is 3.91. The van der Waals surface area contributed by atoms with Crippen LogP contribution in [-0.2, 0) is 5.60 Å². The Morgan fingerprint density at radius 2 is 1.67 bits per heavy atom. The molecule has 126 valence electrons. The Morgan fingerprint density at radius 1 is 1.04 bits per heavy atom. The molecule has 2 aromatic rings. The molecule has 1 N–H and O–H groups in total. The van der Waals surface area contributed by atoms with Gasteiger partial charge in [0.1, 0.15) is 5.60 Å². The van der Waals surface area contributed by atoms with Gasteiger partial charge in [0.15, 0.2) is 0 Å². The summed E-state index contributed by atoms with van der Waals surface area (Å²) in [6, 6.07) is 20.5. The van der Waals surface area contributed by atoms with Crippen molar-refractivity contribution < 1.29 is 5.11 Å². The first-order valence-corrected chi connectivity index (χ1v) is 8.79. The second-order valence-electron chi connectivity index (χ2n) is 7.06. The predicted molar refractivity (Wildman–Crippen MR) is 101 cm³/mol.